The minimum Gasteiger partial charge on any atom is -0.383 e. The summed E-state index contributed by atoms with van der Waals surface area (Å²) in [6.45, 7) is 10.0. The van der Waals surface area contributed by atoms with Crippen LogP contribution in [0.4, 0.5) is 0 Å². The lowest BCUT2D eigenvalue weighted by atomic mass is 10.2. The molecule has 2 aliphatic rings. The number of likely N-dealkylation sites (tertiary alicyclic amines) is 1. The second kappa shape index (κ2) is 12.5. The van der Waals surface area contributed by atoms with Crippen LogP contribution in [0.25, 0.3) is 0 Å². The number of aliphatic imine (C=N–C) groups is 1. The summed E-state index contributed by atoms with van der Waals surface area (Å²) in [6, 6.07) is 0.538. The molecule has 0 aromatic rings. The van der Waals surface area contributed by atoms with E-state index in [0.717, 1.165) is 78.0 Å². The first-order valence-electron chi connectivity index (χ1n) is 9.78. The molecule has 0 aliphatic carbocycles. The van der Waals surface area contributed by atoms with Crippen LogP contribution in [-0.2, 0) is 14.2 Å². The van der Waals surface area contributed by atoms with Gasteiger partial charge >= 0.3 is 0 Å². The standard InChI is InChI=1S/C18H36N4O3/c1-3-19-18(20-8-5-11-25-17-7-12-24-15-17)21-14-16-6-4-9-22(16)10-13-23-2/h16-17H,3-15H2,1-2H3,(H2,19,20,21). The highest BCUT2D eigenvalue weighted by molar-refractivity contribution is 5.79. The molecule has 2 rings (SSSR count). The van der Waals surface area contributed by atoms with E-state index in [-0.39, 0.29) is 0 Å². The zero-order valence-electron chi connectivity index (χ0n) is 16.0. The molecule has 2 heterocycles. The molecule has 2 atom stereocenters. The highest BCUT2D eigenvalue weighted by Crippen LogP contribution is 2.16. The molecule has 7 nitrogen and oxygen atoms in total. The van der Waals surface area contributed by atoms with Gasteiger partial charge in [0.15, 0.2) is 5.96 Å². The fraction of sp³-hybridized carbons (Fsp3) is 0.944. The fourth-order valence-electron chi connectivity index (χ4n) is 3.32. The van der Waals surface area contributed by atoms with Crippen LogP contribution in [0.3, 0.4) is 0 Å². The van der Waals surface area contributed by atoms with Crippen LogP contribution in [0.15, 0.2) is 4.99 Å². The minimum atomic E-state index is 0.294. The van der Waals surface area contributed by atoms with Crippen molar-refractivity contribution in [1.82, 2.24) is 15.5 Å². The maximum absolute atomic E-state index is 5.79. The van der Waals surface area contributed by atoms with Crippen molar-refractivity contribution in [3.8, 4) is 0 Å². The molecule has 2 aliphatic heterocycles. The van der Waals surface area contributed by atoms with Crippen LogP contribution in [0.5, 0.6) is 0 Å². The third-order valence-electron chi connectivity index (χ3n) is 4.74. The van der Waals surface area contributed by atoms with E-state index in [9.17, 15) is 0 Å². The van der Waals surface area contributed by atoms with E-state index in [4.69, 9.17) is 19.2 Å². The quantitative estimate of drug-likeness (QED) is 0.325. The first kappa shape index (κ1) is 20.4. The lowest BCUT2D eigenvalue weighted by molar-refractivity contribution is 0.0420. The maximum Gasteiger partial charge on any atom is 0.191 e. The first-order chi connectivity index (χ1) is 12.3. The third kappa shape index (κ3) is 7.90. The van der Waals surface area contributed by atoms with Gasteiger partial charge in [-0.1, -0.05) is 0 Å². The Morgan fingerprint density at radius 3 is 2.96 bits per heavy atom. The monoisotopic (exact) mass is 356 g/mol. The molecule has 2 saturated heterocycles. The van der Waals surface area contributed by atoms with E-state index in [1.807, 2.05) is 0 Å². The van der Waals surface area contributed by atoms with Crippen molar-refractivity contribution in [2.45, 2.75) is 44.8 Å². The molecule has 0 aromatic heterocycles. The minimum absolute atomic E-state index is 0.294. The van der Waals surface area contributed by atoms with Crippen molar-refractivity contribution in [1.29, 1.82) is 0 Å². The Bertz CT molecular complexity index is 375. The Balaban J connectivity index is 1.64. The molecule has 2 N–H and O–H groups in total. The highest BCUT2D eigenvalue weighted by Gasteiger charge is 2.23. The summed E-state index contributed by atoms with van der Waals surface area (Å²) in [7, 11) is 1.76. The molecule has 25 heavy (non-hydrogen) atoms. The van der Waals surface area contributed by atoms with Crippen LogP contribution < -0.4 is 10.6 Å². The molecule has 0 saturated carbocycles. The largest absolute Gasteiger partial charge is 0.383 e. The summed E-state index contributed by atoms with van der Waals surface area (Å²) in [5, 5.41) is 6.74. The second-order valence-corrected chi connectivity index (χ2v) is 6.68. The summed E-state index contributed by atoms with van der Waals surface area (Å²) < 4.78 is 16.3. The molecular formula is C18H36N4O3. The van der Waals surface area contributed by atoms with Crippen molar-refractivity contribution in [2.75, 3.05) is 66.3 Å². The number of hydrogen-bond donors (Lipinski definition) is 2. The molecule has 7 heteroatoms. The van der Waals surface area contributed by atoms with E-state index in [0.29, 0.717) is 12.1 Å². The van der Waals surface area contributed by atoms with Crippen molar-refractivity contribution in [2.24, 2.45) is 4.99 Å². The summed E-state index contributed by atoms with van der Waals surface area (Å²) in [6.07, 6.45) is 4.78. The van der Waals surface area contributed by atoms with E-state index >= 15 is 0 Å². The fourth-order valence-corrected chi connectivity index (χ4v) is 3.32. The maximum atomic E-state index is 5.79. The summed E-state index contributed by atoms with van der Waals surface area (Å²) in [5.74, 6) is 0.908. The smallest absolute Gasteiger partial charge is 0.191 e. The molecule has 2 fully saturated rings. The predicted molar refractivity (Wildman–Crippen MR) is 100 cm³/mol. The Morgan fingerprint density at radius 1 is 1.28 bits per heavy atom. The van der Waals surface area contributed by atoms with Crippen molar-refractivity contribution < 1.29 is 14.2 Å². The van der Waals surface area contributed by atoms with Crippen molar-refractivity contribution in [3.05, 3.63) is 0 Å². The predicted octanol–water partition coefficient (Wildman–Crippen LogP) is 0.848. The van der Waals surface area contributed by atoms with Gasteiger partial charge in [0.1, 0.15) is 0 Å². The number of nitrogens with zero attached hydrogens (tertiary/aromatic N) is 2. The molecule has 0 aromatic carbocycles. The normalized spacial score (nSPS) is 24.8. The number of rotatable bonds is 11. The second-order valence-electron chi connectivity index (χ2n) is 6.68. The van der Waals surface area contributed by atoms with Crippen molar-refractivity contribution >= 4 is 5.96 Å². The van der Waals surface area contributed by atoms with Gasteiger partial charge in [0.2, 0.25) is 0 Å². The first-order valence-corrected chi connectivity index (χ1v) is 9.78. The van der Waals surface area contributed by atoms with Crippen LogP contribution in [0, 0.1) is 0 Å². The Labute approximate surface area is 152 Å². The van der Waals surface area contributed by atoms with Gasteiger partial charge < -0.3 is 24.8 Å². The van der Waals surface area contributed by atoms with E-state index in [2.05, 4.69) is 22.5 Å². The topological polar surface area (TPSA) is 67.4 Å². The number of hydrogen-bond acceptors (Lipinski definition) is 5. The lowest BCUT2D eigenvalue weighted by Crippen LogP contribution is -2.40. The van der Waals surface area contributed by atoms with Gasteiger partial charge in [-0.25, -0.2) is 0 Å². The van der Waals surface area contributed by atoms with E-state index in [1.54, 1.807) is 7.11 Å². The molecule has 0 radical (unpaired) electrons. The van der Waals surface area contributed by atoms with Crippen LogP contribution in [0.2, 0.25) is 0 Å². The Kier molecular flexibility index (Phi) is 10.2. The summed E-state index contributed by atoms with van der Waals surface area (Å²) in [5.41, 5.74) is 0. The molecule has 146 valence electrons. The Morgan fingerprint density at radius 2 is 2.20 bits per heavy atom. The van der Waals surface area contributed by atoms with Gasteiger partial charge in [-0.3, -0.25) is 9.89 Å². The van der Waals surface area contributed by atoms with Gasteiger partial charge in [-0.2, -0.15) is 0 Å². The zero-order valence-corrected chi connectivity index (χ0v) is 16.0. The number of methoxy groups -OCH3 is 1. The van der Waals surface area contributed by atoms with Gasteiger partial charge in [0, 0.05) is 46.0 Å². The van der Waals surface area contributed by atoms with Gasteiger partial charge in [0.25, 0.3) is 0 Å². The zero-order chi connectivity index (χ0) is 17.7. The SMILES string of the molecule is CCNC(=NCC1CCCN1CCOC)NCCCOC1CCOC1. The molecule has 0 spiro atoms. The van der Waals surface area contributed by atoms with Crippen LogP contribution in [0.1, 0.15) is 32.6 Å². The highest BCUT2D eigenvalue weighted by atomic mass is 16.5. The van der Waals surface area contributed by atoms with Crippen LogP contribution in [-0.4, -0.2) is 89.3 Å². The molecular weight excluding hydrogens is 320 g/mol. The van der Waals surface area contributed by atoms with Crippen LogP contribution >= 0.6 is 0 Å². The van der Waals surface area contributed by atoms with E-state index < -0.39 is 0 Å². The number of ether oxygens (including phenoxy) is 3. The van der Waals surface area contributed by atoms with Gasteiger partial charge in [0.05, 0.1) is 25.9 Å². The average molecular weight is 357 g/mol. The molecule has 2 unspecified atom stereocenters. The molecule has 0 amide bonds. The average Bonchev–Trinajstić information content (AvgIpc) is 3.29. The van der Waals surface area contributed by atoms with Gasteiger partial charge in [-0.15, -0.1) is 0 Å². The lowest BCUT2D eigenvalue weighted by Gasteiger charge is -2.23. The van der Waals surface area contributed by atoms with Crippen molar-refractivity contribution in [3.63, 3.8) is 0 Å². The number of guanidine groups is 1. The summed E-state index contributed by atoms with van der Waals surface area (Å²) in [4.78, 5) is 7.27. The molecule has 0 bridgehead atoms. The summed E-state index contributed by atoms with van der Waals surface area (Å²) >= 11 is 0. The van der Waals surface area contributed by atoms with Gasteiger partial charge in [-0.05, 0) is 39.2 Å². The van der Waals surface area contributed by atoms with E-state index in [1.165, 1.54) is 12.8 Å². The Hall–Kier alpha value is -0.890. The number of nitrogens with one attached hydrogen (secondary N) is 2. The third-order valence-corrected chi connectivity index (χ3v) is 4.74.